The van der Waals surface area contributed by atoms with Crippen molar-refractivity contribution in [3.05, 3.63) is 0 Å². The van der Waals surface area contributed by atoms with E-state index in [-0.39, 0.29) is 34.9 Å². The zero-order valence-electron chi connectivity index (χ0n) is 21.0. The molecule has 11 atom stereocenters. The Morgan fingerprint density at radius 2 is 1.88 bits per heavy atom. The highest BCUT2D eigenvalue weighted by Gasteiger charge is 2.65. The van der Waals surface area contributed by atoms with Crippen LogP contribution >= 0.6 is 22.6 Å². The summed E-state index contributed by atoms with van der Waals surface area (Å²) in [4.78, 5) is 11.7. The number of rotatable bonds is 7. The first kappa shape index (κ1) is 26.2. The third-order valence-corrected chi connectivity index (χ3v) is 11.4. The summed E-state index contributed by atoms with van der Waals surface area (Å²) in [5.74, 6) is 2.11. The van der Waals surface area contributed by atoms with E-state index in [0.717, 1.165) is 62.4 Å². The minimum Gasteiger partial charge on any atom is -0.469 e. The molecular formula is C27H45IO5. The van der Waals surface area contributed by atoms with Crippen molar-refractivity contribution in [2.75, 3.05) is 18.1 Å². The van der Waals surface area contributed by atoms with Gasteiger partial charge in [-0.25, -0.2) is 0 Å². The molecule has 0 aromatic carbocycles. The number of carbonyl (C=O) groups excluding carboxylic acids is 1. The van der Waals surface area contributed by atoms with Crippen molar-refractivity contribution in [1.82, 2.24) is 0 Å². The second kappa shape index (κ2) is 10.2. The van der Waals surface area contributed by atoms with Crippen LogP contribution in [0.2, 0.25) is 0 Å². The van der Waals surface area contributed by atoms with E-state index in [1.54, 1.807) is 0 Å². The monoisotopic (exact) mass is 576 g/mol. The van der Waals surface area contributed by atoms with Crippen molar-refractivity contribution < 1.29 is 24.5 Å². The van der Waals surface area contributed by atoms with Gasteiger partial charge in [0.05, 0.1) is 32.0 Å². The highest BCUT2D eigenvalue weighted by molar-refractivity contribution is 14.1. The van der Waals surface area contributed by atoms with Crippen LogP contribution in [0.3, 0.4) is 0 Å². The van der Waals surface area contributed by atoms with Crippen molar-refractivity contribution in [2.45, 2.75) is 96.9 Å². The molecule has 4 aliphatic rings. The Bertz CT molecular complexity index is 702. The Morgan fingerprint density at radius 1 is 1.12 bits per heavy atom. The molecule has 0 bridgehead atoms. The normalized spacial score (nSPS) is 47.8. The summed E-state index contributed by atoms with van der Waals surface area (Å²) in [7, 11) is 1.45. The van der Waals surface area contributed by atoms with Crippen molar-refractivity contribution in [2.24, 2.45) is 46.3 Å². The summed E-state index contributed by atoms with van der Waals surface area (Å²) in [5.41, 5.74) is 0.00641. The number of hydrogen-bond donors (Lipinski definition) is 2. The van der Waals surface area contributed by atoms with E-state index in [1.165, 1.54) is 7.11 Å². The molecule has 0 heterocycles. The molecule has 2 N–H and O–H groups in total. The van der Waals surface area contributed by atoms with Crippen molar-refractivity contribution in [3.63, 3.8) is 0 Å². The van der Waals surface area contributed by atoms with Crippen molar-refractivity contribution in [3.8, 4) is 0 Å². The number of aliphatic hydroxyl groups is 2. The molecule has 0 radical (unpaired) electrons. The summed E-state index contributed by atoms with van der Waals surface area (Å²) < 4.78 is 12.0. The smallest absolute Gasteiger partial charge is 0.305 e. The lowest BCUT2D eigenvalue weighted by molar-refractivity contribution is -0.208. The molecule has 33 heavy (non-hydrogen) atoms. The molecule has 0 aromatic rings. The van der Waals surface area contributed by atoms with Gasteiger partial charge >= 0.3 is 5.97 Å². The van der Waals surface area contributed by atoms with Crippen LogP contribution in [0.15, 0.2) is 0 Å². The standard InChI is InChI=1S/C27H45IO5/c1-16(5-8-24(31)32-4)19-6-7-20-25-21(15-23(30)27(19,20)3)26(2)10-9-18(33-12-11-28)13-17(26)14-22(25)29/h16-23,25,29-30H,5-15H2,1-4H3. The summed E-state index contributed by atoms with van der Waals surface area (Å²) in [6, 6.07) is 0. The van der Waals surface area contributed by atoms with Gasteiger partial charge in [-0.2, -0.15) is 0 Å². The lowest BCUT2D eigenvalue weighted by Gasteiger charge is -2.63. The van der Waals surface area contributed by atoms with E-state index in [9.17, 15) is 15.0 Å². The lowest BCUT2D eigenvalue weighted by Crippen LogP contribution is -2.62. The van der Waals surface area contributed by atoms with Crippen LogP contribution < -0.4 is 0 Å². The quantitative estimate of drug-likeness (QED) is 0.254. The molecular weight excluding hydrogens is 531 g/mol. The van der Waals surface area contributed by atoms with Gasteiger partial charge in [0.15, 0.2) is 0 Å². The molecule has 0 aromatic heterocycles. The van der Waals surface area contributed by atoms with Gasteiger partial charge in [0.2, 0.25) is 0 Å². The maximum atomic E-state index is 11.7. The highest BCUT2D eigenvalue weighted by atomic mass is 127. The molecule has 6 heteroatoms. The SMILES string of the molecule is COC(=O)CCC(C)C1CCC2C3C(O)CC4CC(OCCI)CCC4(C)C3CC(O)C12C. The Labute approximate surface area is 213 Å². The van der Waals surface area contributed by atoms with E-state index >= 15 is 0 Å². The molecule has 11 unspecified atom stereocenters. The summed E-state index contributed by atoms with van der Waals surface area (Å²) in [6.07, 6.45) is 8.12. The maximum absolute atomic E-state index is 11.7. The summed E-state index contributed by atoms with van der Waals surface area (Å²) in [6.45, 7) is 7.81. The minimum atomic E-state index is -0.340. The van der Waals surface area contributed by atoms with Crippen LogP contribution in [0.5, 0.6) is 0 Å². The molecule has 4 rings (SSSR count). The summed E-state index contributed by atoms with van der Waals surface area (Å²) >= 11 is 2.37. The van der Waals surface area contributed by atoms with Gasteiger partial charge in [0.25, 0.3) is 0 Å². The minimum absolute atomic E-state index is 0.148. The average Bonchev–Trinajstić information content (AvgIpc) is 3.15. The van der Waals surface area contributed by atoms with E-state index in [1.807, 2.05) is 0 Å². The average molecular weight is 577 g/mol. The number of halogens is 1. The van der Waals surface area contributed by atoms with Gasteiger partial charge < -0.3 is 19.7 Å². The molecule has 190 valence electrons. The third-order valence-electron chi connectivity index (χ3n) is 11.0. The first-order valence-corrected chi connectivity index (χ1v) is 14.8. The number of fused-ring (bicyclic) bond motifs is 5. The highest BCUT2D eigenvalue weighted by Crippen LogP contribution is 2.68. The van der Waals surface area contributed by atoms with Crippen LogP contribution in [-0.4, -0.2) is 52.6 Å². The topological polar surface area (TPSA) is 76.0 Å². The number of methoxy groups -OCH3 is 1. The molecule has 4 fully saturated rings. The van der Waals surface area contributed by atoms with Crippen LogP contribution in [0, 0.1) is 46.3 Å². The molecule has 0 amide bonds. The fourth-order valence-electron chi connectivity index (χ4n) is 9.13. The Balaban J connectivity index is 1.52. The first-order chi connectivity index (χ1) is 15.7. The predicted octanol–water partition coefficient (Wildman–Crippen LogP) is 5.00. The van der Waals surface area contributed by atoms with Crippen LogP contribution in [0.1, 0.15) is 78.6 Å². The maximum Gasteiger partial charge on any atom is 0.305 e. The van der Waals surface area contributed by atoms with E-state index < -0.39 is 0 Å². The molecule has 0 saturated heterocycles. The van der Waals surface area contributed by atoms with Gasteiger partial charge in [-0.05, 0) is 97.7 Å². The number of ether oxygens (including phenoxy) is 2. The van der Waals surface area contributed by atoms with Crippen LogP contribution in [0.4, 0.5) is 0 Å². The largest absolute Gasteiger partial charge is 0.469 e. The molecule has 0 spiro atoms. The Morgan fingerprint density at radius 3 is 2.58 bits per heavy atom. The Kier molecular flexibility index (Phi) is 8.09. The number of alkyl halides is 1. The zero-order chi connectivity index (χ0) is 24.0. The third kappa shape index (κ3) is 4.53. The Hall–Kier alpha value is 0.0800. The second-order valence-corrected chi connectivity index (χ2v) is 13.2. The number of hydrogen-bond acceptors (Lipinski definition) is 5. The van der Waals surface area contributed by atoms with E-state index in [2.05, 4.69) is 43.4 Å². The van der Waals surface area contributed by atoms with E-state index in [4.69, 9.17) is 9.47 Å². The van der Waals surface area contributed by atoms with Crippen LogP contribution in [-0.2, 0) is 14.3 Å². The molecule has 4 saturated carbocycles. The fourth-order valence-corrected chi connectivity index (χ4v) is 9.38. The number of esters is 1. The lowest BCUT2D eigenvalue weighted by atomic mass is 9.43. The summed E-state index contributed by atoms with van der Waals surface area (Å²) in [5, 5.41) is 23.2. The van der Waals surface area contributed by atoms with E-state index in [0.29, 0.717) is 42.1 Å². The molecule has 4 aliphatic carbocycles. The van der Waals surface area contributed by atoms with Gasteiger partial charge in [-0.1, -0.05) is 43.4 Å². The fraction of sp³-hybridized carbons (Fsp3) is 0.963. The van der Waals surface area contributed by atoms with Crippen molar-refractivity contribution in [1.29, 1.82) is 0 Å². The number of aliphatic hydroxyl groups excluding tert-OH is 2. The zero-order valence-corrected chi connectivity index (χ0v) is 23.1. The van der Waals surface area contributed by atoms with Gasteiger partial charge in [-0.15, -0.1) is 0 Å². The predicted molar refractivity (Wildman–Crippen MR) is 137 cm³/mol. The molecule has 0 aliphatic heterocycles. The second-order valence-electron chi connectivity index (χ2n) is 12.1. The van der Waals surface area contributed by atoms with Crippen molar-refractivity contribution >= 4 is 28.6 Å². The molecule has 5 nitrogen and oxygen atoms in total. The van der Waals surface area contributed by atoms with Crippen LogP contribution in [0.25, 0.3) is 0 Å². The van der Waals surface area contributed by atoms with Gasteiger partial charge in [0.1, 0.15) is 0 Å². The van der Waals surface area contributed by atoms with Gasteiger partial charge in [-0.3, -0.25) is 4.79 Å². The van der Waals surface area contributed by atoms with Gasteiger partial charge in [0, 0.05) is 10.8 Å². The number of carbonyl (C=O) groups is 1. The first-order valence-electron chi connectivity index (χ1n) is 13.3.